The molecule has 1 aromatic carbocycles. The number of hydrogen-bond acceptors (Lipinski definition) is 5. The number of para-hydroxylation sites is 1. The molecule has 8 nitrogen and oxygen atoms in total. The summed E-state index contributed by atoms with van der Waals surface area (Å²) in [5.41, 5.74) is 3.47. The number of carbonyl (C=O) groups is 1. The van der Waals surface area contributed by atoms with Crippen molar-refractivity contribution < 1.29 is 4.79 Å². The normalized spacial score (nSPS) is 15.5. The van der Waals surface area contributed by atoms with E-state index < -0.39 is 0 Å². The van der Waals surface area contributed by atoms with Crippen molar-refractivity contribution in [3.05, 3.63) is 69.8 Å². The van der Waals surface area contributed by atoms with Crippen molar-refractivity contribution in [2.45, 2.75) is 26.3 Å². The van der Waals surface area contributed by atoms with E-state index in [9.17, 15) is 9.59 Å². The van der Waals surface area contributed by atoms with Crippen LogP contribution in [0.1, 0.15) is 28.5 Å². The van der Waals surface area contributed by atoms with Gasteiger partial charge in [0.15, 0.2) is 5.82 Å². The molecular formula is C20H22N6O2. The van der Waals surface area contributed by atoms with Crippen LogP contribution in [0, 0.1) is 6.92 Å². The van der Waals surface area contributed by atoms with E-state index in [1.54, 1.807) is 13.0 Å². The van der Waals surface area contributed by atoms with E-state index in [2.05, 4.69) is 50.6 Å². The Morgan fingerprint density at radius 2 is 2.11 bits per heavy atom. The monoisotopic (exact) mass is 378 g/mol. The lowest BCUT2D eigenvalue weighted by molar-refractivity contribution is 0.0954. The molecule has 1 amide bonds. The fraction of sp³-hybridized carbons (Fsp3) is 0.300. The molecule has 0 saturated heterocycles. The van der Waals surface area contributed by atoms with E-state index in [0.29, 0.717) is 29.7 Å². The van der Waals surface area contributed by atoms with Crippen LogP contribution in [0.2, 0.25) is 0 Å². The minimum Gasteiger partial charge on any atom is -0.367 e. The number of nitrogens with one attached hydrogen (secondary N) is 2. The number of anilines is 1. The van der Waals surface area contributed by atoms with Gasteiger partial charge in [-0.2, -0.15) is 10.2 Å². The first-order valence-corrected chi connectivity index (χ1v) is 9.28. The second-order valence-electron chi connectivity index (χ2n) is 6.97. The first-order valence-electron chi connectivity index (χ1n) is 9.28. The van der Waals surface area contributed by atoms with Gasteiger partial charge in [0.05, 0.1) is 17.5 Å². The molecule has 0 aliphatic carbocycles. The van der Waals surface area contributed by atoms with Crippen LogP contribution < -0.4 is 15.8 Å². The fourth-order valence-electron chi connectivity index (χ4n) is 3.67. The molecule has 0 saturated carbocycles. The van der Waals surface area contributed by atoms with Gasteiger partial charge in [-0.1, -0.05) is 18.2 Å². The van der Waals surface area contributed by atoms with E-state index in [-0.39, 0.29) is 11.5 Å². The maximum Gasteiger partial charge on any atom is 0.264 e. The Labute approximate surface area is 162 Å². The highest BCUT2D eigenvalue weighted by atomic mass is 16.1. The average Bonchev–Trinajstić information content (AvgIpc) is 3.22. The zero-order valence-electron chi connectivity index (χ0n) is 15.8. The Morgan fingerprint density at radius 3 is 2.89 bits per heavy atom. The molecule has 2 aromatic heterocycles. The molecule has 3 heterocycles. The number of hydrogen-bond donors (Lipinski definition) is 2. The SMILES string of the molecule is Cc1c(C(=O)NCCN2c3ccccc3CC2C)cnn1-c1ccc(=O)[nH]n1. The molecule has 0 bridgehead atoms. The van der Waals surface area contributed by atoms with Gasteiger partial charge in [0.25, 0.3) is 11.5 Å². The van der Waals surface area contributed by atoms with Crippen molar-refractivity contribution in [3.63, 3.8) is 0 Å². The highest BCUT2D eigenvalue weighted by molar-refractivity contribution is 5.95. The predicted molar refractivity (Wildman–Crippen MR) is 106 cm³/mol. The number of rotatable bonds is 5. The molecule has 4 rings (SSSR count). The standard InChI is InChI=1S/C20H22N6O2/c1-13-11-15-5-3-4-6-17(15)25(13)10-9-21-20(28)16-12-22-26(14(16)2)18-7-8-19(27)24-23-18/h3-8,12-13H,9-11H2,1-2H3,(H,21,28)(H,24,27). The Hall–Kier alpha value is -3.42. The minimum atomic E-state index is -0.288. The topological polar surface area (TPSA) is 95.9 Å². The summed E-state index contributed by atoms with van der Waals surface area (Å²) in [5, 5.41) is 13.5. The summed E-state index contributed by atoms with van der Waals surface area (Å²) in [7, 11) is 0. The zero-order valence-corrected chi connectivity index (χ0v) is 15.8. The lowest BCUT2D eigenvalue weighted by atomic mass is 10.1. The van der Waals surface area contributed by atoms with Gasteiger partial charge in [0, 0.05) is 30.9 Å². The molecule has 0 spiro atoms. The number of amides is 1. The average molecular weight is 378 g/mol. The van der Waals surface area contributed by atoms with Crippen molar-refractivity contribution >= 4 is 11.6 Å². The lowest BCUT2D eigenvalue weighted by Gasteiger charge is -2.25. The van der Waals surface area contributed by atoms with Crippen LogP contribution in [-0.2, 0) is 6.42 Å². The molecule has 3 aromatic rings. The van der Waals surface area contributed by atoms with E-state index in [1.165, 1.54) is 28.2 Å². The third kappa shape index (κ3) is 3.28. The van der Waals surface area contributed by atoms with Crippen LogP contribution in [-0.4, -0.2) is 45.0 Å². The van der Waals surface area contributed by atoms with Crippen LogP contribution in [0.15, 0.2) is 47.4 Å². The maximum absolute atomic E-state index is 12.6. The van der Waals surface area contributed by atoms with E-state index >= 15 is 0 Å². The van der Waals surface area contributed by atoms with Gasteiger partial charge < -0.3 is 10.2 Å². The summed E-state index contributed by atoms with van der Waals surface area (Å²) >= 11 is 0. The Morgan fingerprint density at radius 1 is 1.29 bits per heavy atom. The van der Waals surface area contributed by atoms with E-state index in [1.807, 2.05) is 6.07 Å². The van der Waals surface area contributed by atoms with Gasteiger partial charge in [-0.15, -0.1) is 0 Å². The van der Waals surface area contributed by atoms with Gasteiger partial charge in [0.1, 0.15) is 0 Å². The second kappa shape index (κ2) is 7.30. The second-order valence-corrected chi connectivity index (χ2v) is 6.97. The van der Waals surface area contributed by atoms with Crippen LogP contribution in [0.25, 0.3) is 5.82 Å². The maximum atomic E-state index is 12.6. The zero-order chi connectivity index (χ0) is 19.7. The van der Waals surface area contributed by atoms with Crippen molar-refractivity contribution in [2.24, 2.45) is 0 Å². The Kier molecular flexibility index (Phi) is 4.68. The van der Waals surface area contributed by atoms with Crippen molar-refractivity contribution in [2.75, 3.05) is 18.0 Å². The number of benzene rings is 1. The Balaban J connectivity index is 1.41. The molecule has 144 valence electrons. The number of carbonyl (C=O) groups excluding carboxylic acids is 1. The third-order valence-corrected chi connectivity index (χ3v) is 5.12. The van der Waals surface area contributed by atoms with Crippen molar-refractivity contribution in [3.8, 4) is 5.82 Å². The van der Waals surface area contributed by atoms with Gasteiger partial charge in [-0.3, -0.25) is 9.59 Å². The van der Waals surface area contributed by atoms with Gasteiger partial charge in [-0.05, 0) is 38.0 Å². The highest BCUT2D eigenvalue weighted by Gasteiger charge is 2.25. The predicted octanol–water partition coefficient (Wildman–Crippen LogP) is 1.45. The van der Waals surface area contributed by atoms with Crippen molar-refractivity contribution in [1.29, 1.82) is 0 Å². The van der Waals surface area contributed by atoms with E-state index in [4.69, 9.17) is 0 Å². The summed E-state index contributed by atoms with van der Waals surface area (Å²) in [6.07, 6.45) is 2.55. The smallest absolute Gasteiger partial charge is 0.264 e. The first-order chi connectivity index (χ1) is 13.5. The summed E-state index contributed by atoms with van der Waals surface area (Å²) in [5.74, 6) is 0.284. The minimum absolute atomic E-state index is 0.173. The summed E-state index contributed by atoms with van der Waals surface area (Å²) < 4.78 is 1.53. The molecule has 1 aliphatic heterocycles. The molecular weight excluding hydrogens is 356 g/mol. The summed E-state index contributed by atoms with van der Waals surface area (Å²) in [6.45, 7) is 5.29. The van der Waals surface area contributed by atoms with Gasteiger partial charge in [-0.25, -0.2) is 9.78 Å². The molecule has 28 heavy (non-hydrogen) atoms. The molecule has 8 heteroatoms. The van der Waals surface area contributed by atoms with Crippen LogP contribution >= 0.6 is 0 Å². The molecule has 0 radical (unpaired) electrons. The number of aromatic nitrogens is 4. The van der Waals surface area contributed by atoms with Gasteiger partial charge >= 0.3 is 0 Å². The van der Waals surface area contributed by atoms with Crippen molar-refractivity contribution in [1.82, 2.24) is 25.3 Å². The molecule has 1 unspecified atom stereocenters. The third-order valence-electron chi connectivity index (χ3n) is 5.12. The Bertz CT molecular complexity index is 1050. The van der Waals surface area contributed by atoms with Gasteiger partial charge in [0.2, 0.25) is 0 Å². The number of fused-ring (bicyclic) bond motifs is 1. The van der Waals surface area contributed by atoms with Crippen LogP contribution in [0.4, 0.5) is 5.69 Å². The molecule has 1 atom stereocenters. The molecule has 0 fully saturated rings. The van der Waals surface area contributed by atoms with Crippen LogP contribution in [0.3, 0.4) is 0 Å². The largest absolute Gasteiger partial charge is 0.367 e. The number of nitrogens with zero attached hydrogens (tertiary/aromatic N) is 4. The highest BCUT2D eigenvalue weighted by Crippen LogP contribution is 2.31. The number of H-pyrrole nitrogens is 1. The molecule has 1 aliphatic rings. The summed E-state index contributed by atoms with van der Waals surface area (Å²) in [6, 6.07) is 11.8. The first kappa shape index (κ1) is 18.0. The van der Waals surface area contributed by atoms with Crippen LogP contribution in [0.5, 0.6) is 0 Å². The fourth-order valence-corrected chi connectivity index (χ4v) is 3.67. The quantitative estimate of drug-likeness (QED) is 0.700. The summed E-state index contributed by atoms with van der Waals surface area (Å²) in [4.78, 5) is 26.1. The number of aromatic amines is 1. The lowest BCUT2D eigenvalue weighted by Crippen LogP contribution is -2.38. The van der Waals surface area contributed by atoms with E-state index in [0.717, 1.165) is 13.0 Å². The molecule has 2 N–H and O–H groups in total.